The Hall–Kier alpha value is -3.00. The van der Waals surface area contributed by atoms with Crippen LogP contribution in [0, 0.1) is 5.82 Å². The van der Waals surface area contributed by atoms with Crippen LogP contribution in [-0.2, 0) is 11.2 Å². The lowest BCUT2D eigenvalue weighted by Crippen LogP contribution is -2.25. The number of rotatable bonds is 8. The van der Waals surface area contributed by atoms with Gasteiger partial charge < -0.3 is 15.1 Å². The van der Waals surface area contributed by atoms with E-state index in [9.17, 15) is 14.0 Å². The summed E-state index contributed by atoms with van der Waals surface area (Å²) in [6.45, 7) is 0.376. The van der Waals surface area contributed by atoms with Crippen molar-refractivity contribution < 1.29 is 18.4 Å². The minimum atomic E-state index is -0.300. The first-order chi connectivity index (χ1) is 13.1. The summed E-state index contributed by atoms with van der Waals surface area (Å²) in [4.78, 5) is 28.8. The minimum absolute atomic E-state index is 0.162. The molecule has 2 N–H and O–H groups in total. The van der Waals surface area contributed by atoms with Gasteiger partial charge in [0.2, 0.25) is 5.91 Å². The molecule has 0 radical (unpaired) electrons. The smallest absolute Gasteiger partial charge is 0.286 e. The van der Waals surface area contributed by atoms with Gasteiger partial charge in [0.15, 0.2) is 10.9 Å². The quantitative estimate of drug-likeness (QED) is 0.578. The Labute approximate surface area is 159 Å². The van der Waals surface area contributed by atoms with Crippen molar-refractivity contribution in [3.8, 4) is 0 Å². The number of carbonyl (C=O) groups excluding carboxylic acids is 2. The summed E-state index contributed by atoms with van der Waals surface area (Å²) in [5, 5.41) is 5.96. The van der Waals surface area contributed by atoms with E-state index in [-0.39, 0.29) is 29.8 Å². The standard InChI is InChI=1S/C19H18FN3O3S/c20-14-7-5-13(6-8-14)11-15-12-22-19(27-15)23-17(24)4-1-9-21-18(25)16-3-2-10-26-16/h2-3,5-8,10,12H,1,4,9,11H2,(H,21,25)(H,22,23,24). The molecule has 0 atom stereocenters. The number of thiazole rings is 1. The molecule has 140 valence electrons. The van der Waals surface area contributed by atoms with Crippen molar-refractivity contribution in [2.75, 3.05) is 11.9 Å². The van der Waals surface area contributed by atoms with E-state index in [4.69, 9.17) is 4.42 Å². The van der Waals surface area contributed by atoms with Crippen LogP contribution in [0.1, 0.15) is 33.8 Å². The molecule has 0 saturated carbocycles. The van der Waals surface area contributed by atoms with Crippen LogP contribution in [0.2, 0.25) is 0 Å². The predicted octanol–water partition coefficient (Wildman–Crippen LogP) is 3.61. The van der Waals surface area contributed by atoms with Crippen molar-refractivity contribution in [1.82, 2.24) is 10.3 Å². The zero-order chi connectivity index (χ0) is 19.1. The summed E-state index contributed by atoms with van der Waals surface area (Å²) >= 11 is 1.38. The molecule has 3 rings (SSSR count). The van der Waals surface area contributed by atoms with E-state index in [1.165, 1.54) is 29.7 Å². The molecule has 0 aliphatic carbocycles. The van der Waals surface area contributed by atoms with Gasteiger partial charge in [0.05, 0.1) is 6.26 Å². The van der Waals surface area contributed by atoms with Crippen molar-refractivity contribution in [3.05, 3.63) is 70.9 Å². The second-order valence-corrected chi connectivity index (χ2v) is 6.94. The van der Waals surface area contributed by atoms with Gasteiger partial charge in [0, 0.05) is 30.5 Å². The number of nitrogens with zero attached hydrogens (tertiary/aromatic N) is 1. The molecule has 2 aromatic heterocycles. The number of anilines is 1. The van der Waals surface area contributed by atoms with E-state index >= 15 is 0 Å². The van der Waals surface area contributed by atoms with Gasteiger partial charge in [0.25, 0.3) is 5.91 Å². The molecule has 0 saturated heterocycles. The Morgan fingerprint density at radius 3 is 2.74 bits per heavy atom. The van der Waals surface area contributed by atoms with Crippen LogP contribution >= 0.6 is 11.3 Å². The van der Waals surface area contributed by atoms with E-state index in [0.29, 0.717) is 24.5 Å². The first-order valence-electron chi connectivity index (χ1n) is 8.41. The van der Waals surface area contributed by atoms with Crippen LogP contribution < -0.4 is 10.6 Å². The van der Waals surface area contributed by atoms with Crippen molar-refractivity contribution in [3.63, 3.8) is 0 Å². The maximum absolute atomic E-state index is 12.9. The van der Waals surface area contributed by atoms with Crippen LogP contribution in [-0.4, -0.2) is 23.3 Å². The normalized spacial score (nSPS) is 10.6. The van der Waals surface area contributed by atoms with E-state index in [2.05, 4.69) is 15.6 Å². The average molecular weight is 387 g/mol. The van der Waals surface area contributed by atoms with Gasteiger partial charge in [-0.2, -0.15) is 0 Å². The Bertz CT molecular complexity index is 891. The Balaban J connectivity index is 1.38. The van der Waals surface area contributed by atoms with Gasteiger partial charge in [-0.1, -0.05) is 12.1 Å². The third-order valence-corrected chi connectivity index (χ3v) is 4.62. The average Bonchev–Trinajstić information content (AvgIpc) is 3.33. The van der Waals surface area contributed by atoms with Gasteiger partial charge in [0.1, 0.15) is 5.82 Å². The van der Waals surface area contributed by atoms with Crippen molar-refractivity contribution in [1.29, 1.82) is 0 Å². The van der Waals surface area contributed by atoms with Crippen molar-refractivity contribution in [2.24, 2.45) is 0 Å². The lowest BCUT2D eigenvalue weighted by molar-refractivity contribution is -0.116. The summed E-state index contributed by atoms with van der Waals surface area (Å²) in [5.41, 5.74) is 0.977. The summed E-state index contributed by atoms with van der Waals surface area (Å²) in [5.74, 6) is -0.483. The molecule has 0 bridgehead atoms. The third kappa shape index (κ3) is 5.75. The Morgan fingerprint density at radius 1 is 1.19 bits per heavy atom. The van der Waals surface area contributed by atoms with E-state index in [1.807, 2.05) is 0 Å². The zero-order valence-electron chi connectivity index (χ0n) is 14.4. The number of nitrogens with one attached hydrogen (secondary N) is 2. The summed E-state index contributed by atoms with van der Waals surface area (Å²) in [7, 11) is 0. The highest BCUT2D eigenvalue weighted by Gasteiger charge is 2.09. The minimum Gasteiger partial charge on any atom is -0.459 e. The summed E-state index contributed by atoms with van der Waals surface area (Å²) in [6.07, 6.45) is 4.54. The number of carbonyl (C=O) groups is 2. The van der Waals surface area contributed by atoms with Gasteiger partial charge in [-0.15, -0.1) is 11.3 Å². The molecule has 0 aliphatic rings. The number of amides is 2. The van der Waals surface area contributed by atoms with Crippen LogP contribution in [0.3, 0.4) is 0 Å². The number of aromatic nitrogens is 1. The Kier molecular flexibility index (Phi) is 6.32. The molecule has 1 aromatic carbocycles. The van der Waals surface area contributed by atoms with Crippen LogP contribution in [0.4, 0.5) is 9.52 Å². The molecule has 0 spiro atoms. The van der Waals surface area contributed by atoms with Gasteiger partial charge in [-0.3, -0.25) is 9.59 Å². The number of hydrogen-bond acceptors (Lipinski definition) is 5. The first-order valence-corrected chi connectivity index (χ1v) is 9.22. The second kappa shape index (κ2) is 9.09. The molecule has 6 nitrogen and oxygen atoms in total. The lowest BCUT2D eigenvalue weighted by atomic mass is 10.1. The molecule has 27 heavy (non-hydrogen) atoms. The van der Waals surface area contributed by atoms with Gasteiger partial charge in [-0.05, 0) is 36.2 Å². The van der Waals surface area contributed by atoms with Crippen LogP contribution in [0.5, 0.6) is 0 Å². The highest BCUT2D eigenvalue weighted by molar-refractivity contribution is 7.15. The summed E-state index contributed by atoms with van der Waals surface area (Å²) in [6, 6.07) is 9.51. The predicted molar refractivity (Wildman–Crippen MR) is 100 cm³/mol. The molecule has 0 fully saturated rings. The molecule has 3 aromatic rings. The number of furan rings is 1. The number of halogens is 1. The van der Waals surface area contributed by atoms with E-state index in [0.717, 1.165) is 10.4 Å². The SMILES string of the molecule is O=C(CCCNC(=O)c1ccco1)Nc1ncc(Cc2ccc(F)cc2)s1. The molecule has 0 aliphatic heterocycles. The lowest BCUT2D eigenvalue weighted by Gasteiger charge is -2.03. The topological polar surface area (TPSA) is 84.2 Å². The van der Waals surface area contributed by atoms with E-state index in [1.54, 1.807) is 30.5 Å². The number of benzene rings is 1. The monoisotopic (exact) mass is 387 g/mol. The summed E-state index contributed by atoms with van der Waals surface area (Å²) < 4.78 is 17.9. The Morgan fingerprint density at radius 2 is 2.00 bits per heavy atom. The first kappa shape index (κ1) is 18.8. The fraction of sp³-hybridized carbons (Fsp3) is 0.211. The maximum atomic E-state index is 12.9. The zero-order valence-corrected chi connectivity index (χ0v) is 15.2. The highest BCUT2D eigenvalue weighted by Crippen LogP contribution is 2.21. The van der Waals surface area contributed by atoms with Crippen LogP contribution in [0.25, 0.3) is 0 Å². The molecule has 0 unspecified atom stereocenters. The molecule has 8 heteroatoms. The second-order valence-electron chi connectivity index (χ2n) is 5.82. The van der Waals surface area contributed by atoms with E-state index < -0.39 is 0 Å². The fourth-order valence-corrected chi connectivity index (χ4v) is 3.24. The van der Waals surface area contributed by atoms with Gasteiger partial charge >= 0.3 is 0 Å². The molecular formula is C19H18FN3O3S. The third-order valence-electron chi connectivity index (χ3n) is 3.70. The fourth-order valence-electron chi connectivity index (χ4n) is 2.38. The van der Waals surface area contributed by atoms with Gasteiger partial charge in [-0.25, -0.2) is 9.37 Å². The van der Waals surface area contributed by atoms with Crippen molar-refractivity contribution in [2.45, 2.75) is 19.3 Å². The number of hydrogen-bond donors (Lipinski definition) is 2. The molecule has 2 amide bonds. The molecule has 2 heterocycles. The maximum Gasteiger partial charge on any atom is 0.286 e. The largest absolute Gasteiger partial charge is 0.459 e. The highest BCUT2D eigenvalue weighted by atomic mass is 32.1. The van der Waals surface area contributed by atoms with Crippen molar-refractivity contribution >= 4 is 28.3 Å². The molecular weight excluding hydrogens is 369 g/mol. The van der Waals surface area contributed by atoms with Crippen LogP contribution in [0.15, 0.2) is 53.3 Å².